The Morgan fingerprint density at radius 1 is 1.25 bits per heavy atom. The largest absolute Gasteiger partial charge is 0.444 e. The number of hydrazine groups is 1. The van der Waals surface area contributed by atoms with Crippen LogP contribution in [0.5, 0.6) is 0 Å². The van der Waals surface area contributed by atoms with Crippen molar-refractivity contribution in [2.45, 2.75) is 25.9 Å². The van der Waals surface area contributed by atoms with Gasteiger partial charge in [0.25, 0.3) is 5.91 Å². The van der Waals surface area contributed by atoms with Gasteiger partial charge in [0.2, 0.25) is 0 Å². The second-order valence-corrected chi connectivity index (χ2v) is 8.77. The number of benzene rings is 1. The zero-order chi connectivity index (χ0) is 22.7. The van der Waals surface area contributed by atoms with Crippen LogP contribution in [0.15, 0.2) is 35.7 Å². The SMILES string of the molecule is CC(=O)CC[C@H]1CN(c2ccc(N3CCNN(C(=O)c4cccs4)CC3)c(F)c2)C(=O)O1. The monoisotopic (exact) mass is 460 g/mol. The van der Waals surface area contributed by atoms with Crippen molar-refractivity contribution in [2.24, 2.45) is 0 Å². The van der Waals surface area contributed by atoms with Crippen molar-refractivity contribution in [1.29, 1.82) is 0 Å². The first kappa shape index (κ1) is 22.2. The molecule has 10 heteroatoms. The van der Waals surface area contributed by atoms with Crippen molar-refractivity contribution in [3.63, 3.8) is 0 Å². The fraction of sp³-hybridized carbons (Fsp3) is 0.409. The lowest BCUT2D eigenvalue weighted by atomic mass is 10.1. The van der Waals surface area contributed by atoms with Crippen LogP contribution in [0.4, 0.5) is 20.6 Å². The van der Waals surface area contributed by atoms with Gasteiger partial charge in [0.05, 0.1) is 29.3 Å². The number of thiophene rings is 1. The number of carbonyl (C=O) groups is 3. The minimum absolute atomic E-state index is 0.0393. The van der Waals surface area contributed by atoms with E-state index in [1.165, 1.54) is 29.2 Å². The van der Waals surface area contributed by atoms with Crippen molar-refractivity contribution in [3.05, 3.63) is 46.4 Å². The minimum atomic E-state index is -0.535. The molecular weight excluding hydrogens is 435 g/mol. The zero-order valence-electron chi connectivity index (χ0n) is 17.8. The Morgan fingerprint density at radius 2 is 2.09 bits per heavy atom. The van der Waals surface area contributed by atoms with Gasteiger partial charge in [0.1, 0.15) is 17.7 Å². The van der Waals surface area contributed by atoms with E-state index in [-0.39, 0.29) is 17.8 Å². The average Bonchev–Trinajstić information content (AvgIpc) is 3.36. The molecule has 2 aliphatic rings. The summed E-state index contributed by atoms with van der Waals surface area (Å²) in [6.07, 6.45) is -0.113. The molecule has 0 unspecified atom stereocenters. The maximum atomic E-state index is 15.0. The highest BCUT2D eigenvalue weighted by molar-refractivity contribution is 7.12. The third-order valence-corrected chi connectivity index (χ3v) is 6.39. The lowest BCUT2D eigenvalue weighted by Gasteiger charge is -2.24. The summed E-state index contributed by atoms with van der Waals surface area (Å²) in [7, 11) is 0. The number of rotatable bonds is 6. The summed E-state index contributed by atoms with van der Waals surface area (Å²) >= 11 is 1.39. The number of hydrogen-bond donors (Lipinski definition) is 1. The summed E-state index contributed by atoms with van der Waals surface area (Å²) in [5.41, 5.74) is 3.95. The highest BCUT2D eigenvalue weighted by Gasteiger charge is 2.33. The number of ketones is 1. The molecular formula is C22H25FN4O4S. The van der Waals surface area contributed by atoms with Crippen LogP contribution in [0.3, 0.4) is 0 Å². The molecule has 3 heterocycles. The summed E-state index contributed by atoms with van der Waals surface area (Å²) in [4.78, 5) is 39.9. The first-order chi connectivity index (χ1) is 15.4. The van der Waals surface area contributed by atoms with Crippen molar-refractivity contribution in [2.75, 3.05) is 42.5 Å². The van der Waals surface area contributed by atoms with Crippen LogP contribution in [0.1, 0.15) is 29.4 Å². The Hall–Kier alpha value is -2.98. The molecule has 0 saturated carbocycles. The van der Waals surface area contributed by atoms with Crippen LogP contribution in [0, 0.1) is 5.82 Å². The van der Waals surface area contributed by atoms with Crippen LogP contribution in [0.2, 0.25) is 0 Å². The molecule has 1 aromatic carbocycles. The van der Waals surface area contributed by atoms with Gasteiger partial charge in [-0.3, -0.25) is 14.7 Å². The molecule has 2 amide bonds. The first-order valence-electron chi connectivity index (χ1n) is 10.5. The molecule has 0 radical (unpaired) electrons. The number of amides is 2. The maximum absolute atomic E-state index is 15.0. The van der Waals surface area contributed by atoms with E-state index in [2.05, 4.69) is 5.43 Å². The number of anilines is 2. The van der Waals surface area contributed by atoms with Crippen LogP contribution < -0.4 is 15.2 Å². The second-order valence-electron chi connectivity index (χ2n) is 7.82. The zero-order valence-corrected chi connectivity index (χ0v) is 18.6. The van der Waals surface area contributed by atoms with E-state index < -0.39 is 11.9 Å². The molecule has 0 bridgehead atoms. The predicted octanol–water partition coefficient (Wildman–Crippen LogP) is 3.05. The van der Waals surface area contributed by atoms with Gasteiger partial charge in [-0.1, -0.05) is 6.07 Å². The van der Waals surface area contributed by atoms with Crippen LogP contribution in [-0.2, 0) is 9.53 Å². The summed E-state index contributed by atoms with van der Waals surface area (Å²) in [6, 6.07) is 8.29. The Morgan fingerprint density at radius 3 is 2.81 bits per heavy atom. The Labute approximate surface area is 189 Å². The molecule has 0 aliphatic carbocycles. The topological polar surface area (TPSA) is 82.2 Å². The van der Waals surface area contributed by atoms with E-state index in [1.807, 2.05) is 16.3 Å². The van der Waals surface area contributed by atoms with Crippen LogP contribution in [-0.4, -0.2) is 61.6 Å². The number of hydrogen-bond acceptors (Lipinski definition) is 7. The summed E-state index contributed by atoms with van der Waals surface area (Å²) in [6.45, 7) is 3.70. The molecule has 1 atom stereocenters. The van der Waals surface area contributed by atoms with Crippen molar-refractivity contribution in [3.8, 4) is 0 Å². The highest BCUT2D eigenvalue weighted by Crippen LogP contribution is 2.29. The van der Waals surface area contributed by atoms with E-state index in [1.54, 1.807) is 23.2 Å². The molecule has 2 aromatic rings. The minimum Gasteiger partial charge on any atom is -0.444 e. The number of carbonyl (C=O) groups excluding carboxylic acids is 3. The molecule has 32 heavy (non-hydrogen) atoms. The molecule has 170 valence electrons. The number of ether oxygens (including phenoxy) is 1. The molecule has 1 aromatic heterocycles. The smallest absolute Gasteiger partial charge is 0.414 e. The van der Waals surface area contributed by atoms with E-state index in [0.29, 0.717) is 61.8 Å². The molecule has 4 rings (SSSR count). The third-order valence-electron chi connectivity index (χ3n) is 5.53. The number of halogens is 1. The van der Waals surface area contributed by atoms with E-state index >= 15 is 4.39 Å². The lowest BCUT2D eigenvalue weighted by molar-refractivity contribution is -0.117. The predicted molar refractivity (Wildman–Crippen MR) is 120 cm³/mol. The highest BCUT2D eigenvalue weighted by atomic mass is 32.1. The first-order valence-corrected chi connectivity index (χ1v) is 11.4. The second kappa shape index (κ2) is 9.66. The number of Topliss-reactive ketones (excluding diaryl/α,β-unsaturated/α-hetero) is 1. The molecule has 2 saturated heterocycles. The fourth-order valence-electron chi connectivity index (χ4n) is 3.85. The standard InChI is InChI=1S/C22H25FN4O4S/c1-15(28)4-6-17-14-26(22(30)31-17)16-5-7-19(18(23)13-16)25-9-8-24-27(11-10-25)21(29)20-3-2-12-32-20/h2-3,5,7,12-13,17,24H,4,6,8-11,14H2,1H3/t17-/m0/s1. The van der Waals surface area contributed by atoms with E-state index in [4.69, 9.17) is 4.74 Å². The molecule has 2 fully saturated rings. The van der Waals surface area contributed by atoms with Gasteiger partial charge in [-0.2, -0.15) is 0 Å². The van der Waals surface area contributed by atoms with E-state index in [9.17, 15) is 14.4 Å². The van der Waals surface area contributed by atoms with Gasteiger partial charge in [-0.05, 0) is 43.0 Å². The van der Waals surface area contributed by atoms with Gasteiger partial charge in [0, 0.05) is 26.1 Å². The van der Waals surface area contributed by atoms with Crippen molar-refractivity contribution in [1.82, 2.24) is 10.4 Å². The average molecular weight is 461 g/mol. The van der Waals surface area contributed by atoms with Gasteiger partial charge in [0.15, 0.2) is 0 Å². The Bertz CT molecular complexity index is 1000. The van der Waals surface area contributed by atoms with Gasteiger partial charge >= 0.3 is 6.09 Å². The van der Waals surface area contributed by atoms with Gasteiger partial charge in [-0.15, -0.1) is 11.3 Å². The summed E-state index contributed by atoms with van der Waals surface area (Å²) < 4.78 is 20.3. The Balaban J connectivity index is 1.40. The normalized spacial score (nSPS) is 19.1. The number of nitrogens with zero attached hydrogens (tertiary/aromatic N) is 3. The van der Waals surface area contributed by atoms with E-state index in [0.717, 1.165) is 0 Å². The molecule has 8 nitrogen and oxygen atoms in total. The summed E-state index contributed by atoms with van der Waals surface area (Å²) in [5.74, 6) is -0.498. The lowest BCUT2D eigenvalue weighted by Crippen LogP contribution is -2.43. The van der Waals surface area contributed by atoms with Crippen LogP contribution in [0.25, 0.3) is 0 Å². The molecule has 2 aliphatic heterocycles. The van der Waals surface area contributed by atoms with Crippen molar-refractivity contribution >= 4 is 40.5 Å². The maximum Gasteiger partial charge on any atom is 0.414 e. The molecule has 0 spiro atoms. The van der Waals surface area contributed by atoms with Gasteiger partial charge < -0.3 is 14.4 Å². The fourth-order valence-corrected chi connectivity index (χ4v) is 4.52. The van der Waals surface area contributed by atoms with Crippen molar-refractivity contribution < 1.29 is 23.5 Å². The third kappa shape index (κ3) is 4.91. The Kier molecular flexibility index (Phi) is 6.71. The summed E-state index contributed by atoms with van der Waals surface area (Å²) in [5, 5.41) is 3.43. The number of cyclic esters (lactones) is 1. The number of nitrogens with one attached hydrogen (secondary N) is 1. The van der Waals surface area contributed by atoms with Crippen LogP contribution >= 0.6 is 11.3 Å². The van der Waals surface area contributed by atoms with Gasteiger partial charge in [-0.25, -0.2) is 14.6 Å². The quantitative estimate of drug-likeness (QED) is 0.714. The molecule has 1 N–H and O–H groups in total.